The topological polar surface area (TPSA) is 64.3 Å². The number of carbonyl (C=O) groups is 1. The van der Waals surface area contributed by atoms with Crippen LogP contribution in [0, 0.1) is 12.7 Å². The van der Waals surface area contributed by atoms with E-state index in [2.05, 4.69) is 5.43 Å². The molecule has 4 nitrogen and oxygen atoms in total. The molecule has 104 valence electrons. The molecule has 1 unspecified atom stereocenters. The minimum absolute atomic E-state index is 0.269. The summed E-state index contributed by atoms with van der Waals surface area (Å²) >= 11 is 0. The third kappa shape index (κ3) is 3.13. The van der Waals surface area contributed by atoms with Gasteiger partial charge in [0.05, 0.1) is 0 Å². The van der Waals surface area contributed by atoms with Crippen LogP contribution in [0.25, 0.3) is 0 Å². The first kappa shape index (κ1) is 14.0. The highest BCUT2D eigenvalue weighted by Crippen LogP contribution is 2.23. The van der Waals surface area contributed by atoms with Crippen LogP contribution in [0.15, 0.2) is 48.5 Å². The number of amides is 1. The predicted octanol–water partition coefficient (Wildman–Crippen LogP) is 2.24. The summed E-state index contributed by atoms with van der Waals surface area (Å²) in [4.78, 5) is 11.8. The summed E-state index contributed by atoms with van der Waals surface area (Å²) in [5.41, 5.74) is 3.20. The third-order valence-corrected chi connectivity index (χ3v) is 2.88. The molecule has 2 aromatic carbocycles. The van der Waals surface area contributed by atoms with Gasteiger partial charge in [-0.2, -0.15) is 0 Å². The zero-order valence-electron chi connectivity index (χ0n) is 11.0. The van der Waals surface area contributed by atoms with Gasteiger partial charge in [-0.25, -0.2) is 10.2 Å². The number of rotatable bonds is 4. The molecule has 0 fully saturated rings. The quantitative estimate of drug-likeness (QED) is 0.510. The van der Waals surface area contributed by atoms with E-state index in [4.69, 9.17) is 10.6 Å². The Hall–Kier alpha value is -2.40. The van der Waals surface area contributed by atoms with Gasteiger partial charge in [0.15, 0.2) is 0 Å². The number of nitrogens with two attached hydrogens (primary N) is 1. The fourth-order valence-electron chi connectivity index (χ4n) is 1.76. The van der Waals surface area contributed by atoms with Gasteiger partial charge in [-0.05, 0) is 18.6 Å². The molecule has 0 aromatic heterocycles. The van der Waals surface area contributed by atoms with Crippen molar-refractivity contribution < 1.29 is 13.9 Å². The SMILES string of the molecule is Cc1ccc(OC(C(=O)NN)c2ccccc2)cc1F. The van der Waals surface area contributed by atoms with E-state index in [0.29, 0.717) is 11.1 Å². The molecule has 0 bridgehead atoms. The van der Waals surface area contributed by atoms with Crippen LogP contribution in [0.5, 0.6) is 5.75 Å². The molecule has 0 spiro atoms. The Kier molecular flexibility index (Phi) is 4.32. The second kappa shape index (κ2) is 6.16. The minimum atomic E-state index is -0.927. The van der Waals surface area contributed by atoms with Crippen molar-refractivity contribution in [2.45, 2.75) is 13.0 Å². The van der Waals surface area contributed by atoms with E-state index in [1.165, 1.54) is 6.07 Å². The molecule has 1 atom stereocenters. The molecule has 1 amide bonds. The van der Waals surface area contributed by atoms with Crippen molar-refractivity contribution in [1.29, 1.82) is 0 Å². The van der Waals surface area contributed by atoms with E-state index in [9.17, 15) is 9.18 Å². The van der Waals surface area contributed by atoms with E-state index in [1.807, 2.05) is 6.07 Å². The van der Waals surface area contributed by atoms with Gasteiger partial charge in [0.25, 0.3) is 5.91 Å². The normalized spacial score (nSPS) is 11.8. The number of nitrogens with one attached hydrogen (secondary N) is 1. The zero-order valence-corrected chi connectivity index (χ0v) is 11.0. The summed E-state index contributed by atoms with van der Waals surface area (Å²) in [6.07, 6.45) is -0.927. The maximum absolute atomic E-state index is 13.5. The first-order valence-corrected chi connectivity index (χ1v) is 6.10. The molecule has 3 N–H and O–H groups in total. The van der Waals surface area contributed by atoms with E-state index >= 15 is 0 Å². The molecule has 5 heteroatoms. The number of hydrazine groups is 1. The van der Waals surface area contributed by atoms with E-state index in [-0.39, 0.29) is 11.6 Å². The zero-order chi connectivity index (χ0) is 14.5. The Morgan fingerprint density at radius 1 is 1.25 bits per heavy atom. The first-order valence-electron chi connectivity index (χ1n) is 6.10. The smallest absolute Gasteiger partial charge is 0.279 e. The lowest BCUT2D eigenvalue weighted by Crippen LogP contribution is -2.37. The maximum Gasteiger partial charge on any atom is 0.279 e. The Labute approximate surface area is 116 Å². The van der Waals surface area contributed by atoms with Crippen LogP contribution < -0.4 is 16.0 Å². The fourth-order valence-corrected chi connectivity index (χ4v) is 1.76. The van der Waals surface area contributed by atoms with Crippen molar-refractivity contribution in [3.63, 3.8) is 0 Å². The second-order valence-corrected chi connectivity index (χ2v) is 4.33. The van der Waals surface area contributed by atoms with Crippen LogP contribution in [-0.4, -0.2) is 5.91 Å². The van der Waals surface area contributed by atoms with Crippen LogP contribution >= 0.6 is 0 Å². The van der Waals surface area contributed by atoms with Crippen LogP contribution in [0.4, 0.5) is 4.39 Å². The van der Waals surface area contributed by atoms with Gasteiger partial charge in [0.2, 0.25) is 6.10 Å². The van der Waals surface area contributed by atoms with Gasteiger partial charge < -0.3 is 4.74 Å². The highest BCUT2D eigenvalue weighted by molar-refractivity contribution is 5.82. The molecule has 0 saturated heterocycles. The summed E-state index contributed by atoms with van der Waals surface area (Å²) in [5, 5.41) is 0. The van der Waals surface area contributed by atoms with Crippen molar-refractivity contribution in [3.05, 3.63) is 65.5 Å². The minimum Gasteiger partial charge on any atom is -0.476 e. The number of carbonyl (C=O) groups excluding carboxylic acids is 1. The largest absolute Gasteiger partial charge is 0.476 e. The summed E-state index contributed by atoms with van der Waals surface area (Å²) < 4.78 is 19.1. The lowest BCUT2D eigenvalue weighted by atomic mass is 10.1. The van der Waals surface area contributed by atoms with Gasteiger partial charge in [0, 0.05) is 11.6 Å². The Morgan fingerprint density at radius 2 is 1.95 bits per heavy atom. The molecule has 0 saturated carbocycles. The van der Waals surface area contributed by atoms with Crippen LogP contribution in [0.1, 0.15) is 17.2 Å². The number of ether oxygens (including phenoxy) is 1. The van der Waals surface area contributed by atoms with Gasteiger partial charge in [0.1, 0.15) is 11.6 Å². The first-order chi connectivity index (χ1) is 9.61. The molecule has 2 aromatic rings. The van der Waals surface area contributed by atoms with Crippen molar-refractivity contribution in [1.82, 2.24) is 5.43 Å². The van der Waals surface area contributed by atoms with Gasteiger partial charge in [-0.3, -0.25) is 10.2 Å². The summed E-state index contributed by atoms with van der Waals surface area (Å²) in [6, 6.07) is 13.3. The molecule has 0 radical (unpaired) electrons. The van der Waals surface area contributed by atoms with Crippen molar-refractivity contribution >= 4 is 5.91 Å². The molecular formula is C15H15FN2O2. The highest BCUT2D eigenvalue weighted by atomic mass is 19.1. The van der Waals surface area contributed by atoms with Crippen molar-refractivity contribution in [2.24, 2.45) is 5.84 Å². The summed E-state index contributed by atoms with van der Waals surface area (Å²) in [6.45, 7) is 1.65. The highest BCUT2D eigenvalue weighted by Gasteiger charge is 2.21. The number of hydrogen-bond acceptors (Lipinski definition) is 3. The molecule has 0 heterocycles. The van der Waals surface area contributed by atoms with Crippen molar-refractivity contribution in [2.75, 3.05) is 0 Å². The molecular weight excluding hydrogens is 259 g/mol. The summed E-state index contributed by atoms with van der Waals surface area (Å²) in [7, 11) is 0. The predicted molar refractivity (Wildman–Crippen MR) is 73.3 cm³/mol. The molecule has 20 heavy (non-hydrogen) atoms. The molecule has 0 aliphatic heterocycles. The second-order valence-electron chi connectivity index (χ2n) is 4.33. The number of aryl methyl sites for hydroxylation is 1. The van der Waals surface area contributed by atoms with E-state index in [1.54, 1.807) is 43.3 Å². The Bertz CT molecular complexity index is 602. The lowest BCUT2D eigenvalue weighted by Gasteiger charge is -2.18. The van der Waals surface area contributed by atoms with Crippen LogP contribution in [0.3, 0.4) is 0 Å². The van der Waals surface area contributed by atoms with Gasteiger partial charge in [-0.15, -0.1) is 0 Å². The average Bonchev–Trinajstić information content (AvgIpc) is 2.48. The van der Waals surface area contributed by atoms with E-state index in [0.717, 1.165) is 0 Å². The number of hydrogen-bond donors (Lipinski definition) is 2. The standard InChI is InChI=1S/C15H15FN2O2/c1-10-7-8-12(9-13(10)16)20-14(15(19)18-17)11-5-3-2-4-6-11/h2-9,14H,17H2,1H3,(H,18,19). The lowest BCUT2D eigenvalue weighted by molar-refractivity contribution is -0.128. The Balaban J connectivity index is 2.28. The molecule has 2 rings (SSSR count). The van der Waals surface area contributed by atoms with Gasteiger partial charge in [-0.1, -0.05) is 36.4 Å². The van der Waals surface area contributed by atoms with Crippen LogP contribution in [-0.2, 0) is 4.79 Å². The Morgan fingerprint density at radius 3 is 2.55 bits per heavy atom. The maximum atomic E-state index is 13.5. The molecule has 0 aliphatic carbocycles. The third-order valence-electron chi connectivity index (χ3n) is 2.88. The summed E-state index contributed by atoms with van der Waals surface area (Å²) in [5.74, 6) is 4.54. The van der Waals surface area contributed by atoms with Crippen molar-refractivity contribution in [3.8, 4) is 5.75 Å². The van der Waals surface area contributed by atoms with Crippen LogP contribution in [0.2, 0.25) is 0 Å². The van der Waals surface area contributed by atoms with E-state index < -0.39 is 12.0 Å². The van der Waals surface area contributed by atoms with Gasteiger partial charge >= 0.3 is 0 Å². The fraction of sp³-hybridized carbons (Fsp3) is 0.133. The monoisotopic (exact) mass is 274 g/mol. The number of benzene rings is 2. The average molecular weight is 274 g/mol. The molecule has 0 aliphatic rings. The number of halogens is 1.